The van der Waals surface area contributed by atoms with Gasteiger partial charge >= 0.3 is 5.97 Å². The Kier molecular flexibility index (Phi) is 4.97. The molecule has 3 aromatic rings. The molecule has 1 N–H and O–H groups in total. The average molecular weight is 401 g/mol. The minimum absolute atomic E-state index is 0.140. The maximum absolute atomic E-state index is 12.6. The second kappa shape index (κ2) is 7.40. The molecule has 0 unspecified atom stereocenters. The first-order valence-electron chi connectivity index (χ1n) is 8.98. The molecule has 27 heavy (non-hydrogen) atoms. The number of ether oxygens (including phenoxy) is 1. The van der Waals surface area contributed by atoms with Crippen LogP contribution in [0, 0.1) is 5.92 Å². The highest BCUT2D eigenvalue weighted by atomic mass is 32.1. The molecule has 5 nitrogen and oxygen atoms in total. The number of hydrogen-bond donors (Lipinski definition) is 1. The fraction of sp³-hybridized carbons (Fsp3) is 0.350. The van der Waals surface area contributed by atoms with Gasteiger partial charge in [0, 0.05) is 15.8 Å². The Balaban J connectivity index is 1.56. The van der Waals surface area contributed by atoms with Gasteiger partial charge in [-0.05, 0) is 55.2 Å². The Morgan fingerprint density at radius 2 is 2.33 bits per heavy atom. The van der Waals surface area contributed by atoms with Gasteiger partial charge in [0.15, 0.2) is 11.9 Å². The van der Waals surface area contributed by atoms with Crippen LogP contribution in [0.2, 0.25) is 0 Å². The number of H-pyrrole nitrogens is 1. The van der Waals surface area contributed by atoms with Gasteiger partial charge < -0.3 is 9.72 Å². The summed E-state index contributed by atoms with van der Waals surface area (Å²) in [6, 6.07) is 3.84. The third kappa shape index (κ3) is 3.75. The maximum Gasteiger partial charge on any atom is 0.331 e. The van der Waals surface area contributed by atoms with Gasteiger partial charge in [-0.1, -0.05) is 13.0 Å². The van der Waals surface area contributed by atoms with Crippen molar-refractivity contribution in [1.82, 2.24) is 9.97 Å². The molecule has 0 saturated heterocycles. The molecule has 0 aromatic carbocycles. The zero-order valence-electron chi connectivity index (χ0n) is 15.2. The van der Waals surface area contributed by atoms with Crippen LogP contribution in [0.3, 0.4) is 0 Å². The van der Waals surface area contributed by atoms with Gasteiger partial charge in [-0.25, -0.2) is 9.78 Å². The molecule has 0 amide bonds. The summed E-state index contributed by atoms with van der Waals surface area (Å²) in [5.41, 5.74) is 1.01. The monoisotopic (exact) mass is 400 g/mol. The zero-order chi connectivity index (χ0) is 19.0. The van der Waals surface area contributed by atoms with Crippen LogP contribution in [0.1, 0.15) is 47.5 Å². The molecule has 1 aliphatic carbocycles. The number of rotatable bonds is 4. The molecule has 0 aliphatic heterocycles. The van der Waals surface area contributed by atoms with Crippen molar-refractivity contribution in [2.45, 2.75) is 39.2 Å². The van der Waals surface area contributed by atoms with Crippen LogP contribution in [0.25, 0.3) is 16.3 Å². The lowest BCUT2D eigenvalue weighted by atomic mass is 9.89. The van der Waals surface area contributed by atoms with Crippen molar-refractivity contribution in [2.24, 2.45) is 5.92 Å². The number of fused-ring (bicyclic) bond motifs is 3. The lowest BCUT2D eigenvalue weighted by molar-refractivity contribution is -0.142. The smallest absolute Gasteiger partial charge is 0.331 e. The molecule has 4 rings (SSSR count). The summed E-state index contributed by atoms with van der Waals surface area (Å²) in [6.45, 7) is 3.96. The van der Waals surface area contributed by atoms with Crippen LogP contribution in [0.15, 0.2) is 28.4 Å². The molecule has 0 spiro atoms. The number of carbonyl (C=O) groups excluding carboxylic acids is 1. The van der Waals surface area contributed by atoms with E-state index in [1.54, 1.807) is 35.7 Å². The fourth-order valence-corrected chi connectivity index (χ4v) is 5.37. The van der Waals surface area contributed by atoms with E-state index in [4.69, 9.17) is 4.74 Å². The number of nitrogens with zero attached hydrogens (tertiary/aromatic N) is 1. The van der Waals surface area contributed by atoms with Crippen LogP contribution >= 0.6 is 22.7 Å². The summed E-state index contributed by atoms with van der Waals surface area (Å²) < 4.78 is 5.41. The van der Waals surface area contributed by atoms with Crippen molar-refractivity contribution in [3.63, 3.8) is 0 Å². The SMILES string of the molecule is C[C@@H]1CCc2c(sc3nc([C@@H](C)OC(=O)/C=C/c4cccs4)[nH]c(=O)c23)C1. The normalized spacial score (nSPS) is 17.9. The van der Waals surface area contributed by atoms with Crippen molar-refractivity contribution in [1.29, 1.82) is 0 Å². The lowest BCUT2D eigenvalue weighted by Crippen LogP contribution is -2.17. The highest BCUT2D eigenvalue weighted by Gasteiger charge is 2.24. The van der Waals surface area contributed by atoms with Gasteiger partial charge in [0.1, 0.15) is 4.83 Å². The van der Waals surface area contributed by atoms with Crippen molar-refractivity contribution in [3.05, 3.63) is 55.1 Å². The minimum atomic E-state index is -0.624. The molecule has 140 valence electrons. The molecular weight excluding hydrogens is 380 g/mol. The highest BCUT2D eigenvalue weighted by molar-refractivity contribution is 7.18. The van der Waals surface area contributed by atoms with Gasteiger partial charge in [0.05, 0.1) is 5.39 Å². The van der Waals surface area contributed by atoms with Crippen LogP contribution in [0.5, 0.6) is 0 Å². The minimum Gasteiger partial charge on any atom is -0.451 e. The molecule has 2 atom stereocenters. The predicted octanol–water partition coefficient (Wildman–Crippen LogP) is 4.49. The summed E-state index contributed by atoms with van der Waals surface area (Å²) in [7, 11) is 0. The van der Waals surface area contributed by atoms with Crippen molar-refractivity contribution >= 4 is 44.9 Å². The number of hydrogen-bond acceptors (Lipinski definition) is 6. The van der Waals surface area contributed by atoms with E-state index in [1.807, 2.05) is 17.5 Å². The van der Waals surface area contributed by atoms with Gasteiger partial charge in [-0.3, -0.25) is 4.79 Å². The molecule has 3 aromatic heterocycles. The average Bonchev–Trinajstić information content (AvgIpc) is 3.26. The summed E-state index contributed by atoms with van der Waals surface area (Å²) >= 11 is 3.14. The Labute approximate surface area is 164 Å². The standard InChI is InChI=1S/C20H20N2O3S2/c1-11-5-7-14-15(10-11)27-20-17(14)19(24)21-18(22-20)12(2)25-16(23)8-6-13-4-3-9-26-13/h3-4,6,8-9,11-12H,5,7,10H2,1-2H3,(H,21,22,24)/b8-6+/t11-,12-/m1/s1. The topological polar surface area (TPSA) is 72.0 Å². The number of carbonyl (C=O) groups is 1. The third-order valence-electron chi connectivity index (χ3n) is 4.79. The van der Waals surface area contributed by atoms with Crippen LogP contribution in [-0.4, -0.2) is 15.9 Å². The second-order valence-electron chi connectivity index (χ2n) is 6.91. The zero-order valence-corrected chi connectivity index (χ0v) is 16.8. The van der Waals surface area contributed by atoms with Crippen molar-refractivity contribution < 1.29 is 9.53 Å². The summed E-state index contributed by atoms with van der Waals surface area (Å²) in [5.74, 6) is 0.564. The van der Waals surface area contributed by atoms with Gasteiger partial charge in [-0.15, -0.1) is 22.7 Å². The number of esters is 1. The molecule has 0 fully saturated rings. The largest absolute Gasteiger partial charge is 0.451 e. The number of aryl methyl sites for hydroxylation is 1. The Bertz CT molecular complexity index is 1060. The molecule has 0 saturated carbocycles. The lowest BCUT2D eigenvalue weighted by Gasteiger charge is -2.17. The number of nitrogens with one attached hydrogen (secondary N) is 1. The first-order valence-corrected chi connectivity index (χ1v) is 10.7. The molecular formula is C20H20N2O3S2. The number of aromatic amines is 1. The predicted molar refractivity (Wildman–Crippen MR) is 109 cm³/mol. The first kappa shape index (κ1) is 18.1. The Hall–Kier alpha value is -2.25. The summed E-state index contributed by atoms with van der Waals surface area (Å²) in [4.78, 5) is 35.1. The van der Waals surface area contributed by atoms with E-state index in [-0.39, 0.29) is 5.56 Å². The Morgan fingerprint density at radius 3 is 3.11 bits per heavy atom. The molecule has 0 radical (unpaired) electrons. The van der Waals surface area contributed by atoms with Crippen molar-refractivity contribution in [2.75, 3.05) is 0 Å². The van der Waals surface area contributed by atoms with Gasteiger partial charge in [0.25, 0.3) is 5.56 Å². The molecule has 3 heterocycles. The maximum atomic E-state index is 12.6. The van der Waals surface area contributed by atoms with E-state index < -0.39 is 12.1 Å². The van der Waals surface area contributed by atoms with Gasteiger partial charge in [-0.2, -0.15) is 0 Å². The van der Waals surface area contributed by atoms with E-state index in [2.05, 4.69) is 16.9 Å². The van der Waals surface area contributed by atoms with E-state index in [9.17, 15) is 9.59 Å². The third-order valence-corrected chi connectivity index (χ3v) is 6.77. The van der Waals surface area contributed by atoms with Crippen LogP contribution < -0.4 is 5.56 Å². The molecule has 1 aliphatic rings. The van der Waals surface area contributed by atoms with Crippen molar-refractivity contribution in [3.8, 4) is 0 Å². The van der Waals surface area contributed by atoms with Gasteiger partial charge in [0.2, 0.25) is 0 Å². The fourth-order valence-electron chi connectivity index (χ4n) is 3.36. The highest BCUT2D eigenvalue weighted by Crippen LogP contribution is 2.35. The molecule has 0 bridgehead atoms. The summed E-state index contributed by atoms with van der Waals surface area (Å²) in [5, 5.41) is 2.65. The summed E-state index contributed by atoms with van der Waals surface area (Å²) in [6.07, 6.45) is 5.52. The van der Waals surface area contributed by atoms with Crippen LogP contribution in [0.4, 0.5) is 0 Å². The van der Waals surface area contributed by atoms with E-state index in [0.29, 0.717) is 17.1 Å². The first-order chi connectivity index (χ1) is 13.0. The van der Waals surface area contributed by atoms with E-state index >= 15 is 0 Å². The van der Waals surface area contributed by atoms with E-state index in [1.165, 1.54) is 11.0 Å². The quantitative estimate of drug-likeness (QED) is 0.517. The van der Waals surface area contributed by atoms with E-state index in [0.717, 1.165) is 34.5 Å². The number of aromatic nitrogens is 2. The van der Waals surface area contributed by atoms with Crippen LogP contribution in [-0.2, 0) is 22.4 Å². The molecule has 7 heteroatoms. The number of thiophene rings is 2. The Morgan fingerprint density at radius 1 is 1.48 bits per heavy atom. The second-order valence-corrected chi connectivity index (χ2v) is 8.97.